The highest BCUT2D eigenvalue weighted by Crippen LogP contribution is 2.25. The van der Waals surface area contributed by atoms with E-state index >= 15 is 0 Å². The molecule has 1 fully saturated rings. The average Bonchev–Trinajstić information content (AvgIpc) is 3.39. The lowest BCUT2D eigenvalue weighted by molar-refractivity contribution is -0.124. The Balaban J connectivity index is 1.31. The Bertz CT molecular complexity index is 885. The van der Waals surface area contributed by atoms with Gasteiger partial charge in [0.25, 0.3) is 0 Å². The van der Waals surface area contributed by atoms with Gasteiger partial charge in [0.15, 0.2) is 0 Å². The molecule has 3 N–H and O–H groups in total. The minimum Gasteiger partial charge on any atom is -0.355 e. The number of carbonyl (C=O) groups excluding carboxylic acids is 1. The number of hydrogen-bond donors (Lipinski definition) is 3. The monoisotopic (exact) mass is 380 g/mol. The Morgan fingerprint density at radius 3 is 2.96 bits per heavy atom. The number of amides is 1. The first-order valence-electron chi connectivity index (χ1n) is 8.83. The van der Waals surface area contributed by atoms with E-state index in [-0.39, 0.29) is 17.9 Å². The molecule has 8 heteroatoms. The minimum absolute atomic E-state index is 0.0197. The highest BCUT2D eigenvalue weighted by atomic mass is 32.1. The summed E-state index contributed by atoms with van der Waals surface area (Å²) in [4.78, 5) is 25.5. The van der Waals surface area contributed by atoms with Gasteiger partial charge < -0.3 is 5.32 Å². The molecular formula is C19H20N6OS. The summed E-state index contributed by atoms with van der Waals surface area (Å²) in [5.74, 6) is -0.0938. The van der Waals surface area contributed by atoms with Crippen molar-refractivity contribution in [2.24, 2.45) is 5.92 Å². The van der Waals surface area contributed by atoms with Crippen molar-refractivity contribution in [3.8, 4) is 10.7 Å². The summed E-state index contributed by atoms with van der Waals surface area (Å²) in [5.41, 5.74) is 9.12. The first kappa shape index (κ1) is 17.7. The SMILES string of the molecule is O=C(NCCc1csc(-c2cnccn2)n1)C1CNNC1c1ccccc1. The fourth-order valence-corrected chi connectivity index (χ4v) is 3.93. The Labute approximate surface area is 161 Å². The molecule has 3 heterocycles. The summed E-state index contributed by atoms with van der Waals surface area (Å²) in [6.07, 6.45) is 5.69. The van der Waals surface area contributed by atoms with Gasteiger partial charge in [-0.25, -0.2) is 10.4 Å². The number of nitrogens with zero attached hydrogens (tertiary/aromatic N) is 3. The van der Waals surface area contributed by atoms with Crippen molar-refractivity contribution in [1.29, 1.82) is 0 Å². The largest absolute Gasteiger partial charge is 0.355 e. The molecule has 2 aromatic heterocycles. The molecule has 0 aliphatic carbocycles. The number of rotatable bonds is 6. The molecule has 0 bridgehead atoms. The van der Waals surface area contributed by atoms with Crippen LogP contribution in [-0.4, -0.2) is 33.9 Å². The summed E-state index contributed by atoms with van der Waals surface area (Å²) in [6.45, 7) is 1.17. The minimum atomic E-state index is -0.141. The smallest absolute Gasteiger partial charge is 0.226 e. The van der Waals surface area contributed by atoms with Gasteiger partial charge in [-0.2, -0.15) is 0 Å². The highest BCUT2D eigenvalue weighted by Gasteiger charge is 2.33. The molecule has 0 saturated carbocycles. The quantitative estimate of drug-likeness (QED) is 0.603. The maximum atomic E-state index is 12.6. The molecule has 138 valence electrons. The summed E-state index contributed by atoms with van der Waals surface area (Å²) in [6, 6.07) is 10.0. The fraction of sp³-hybridized carbons (Fsp3) is 0.263. The highest BCUT2D eigenvalue weighted by molar-refractivity contribution is 7.13. The molecule has 1 saturated heterocycles. The molecule has 1 amide bonds. The third-order valence-electron chi connectivity index (χ3n) is 4.49. The van der Waals surface area contributed by atoms with Gasteiger partial charge >= 0.3 is 0 Å². The second-order valence-electron chi connectivity index (χ2n) is 6.30. The Hall–Kier alpha value is -2.68. The number of carbonyl (C=O) groups is 1. The van der Waals surface area contributed by atoms with Gasteiger partial charge in [-0.1, -0.05) is 30.3 Å². The normalized spacial score (nSPS) is 19.1. The lowest BCUT2D eigenvalue weighted by atomic mass is 9.94. The van der Waals surface area contributed by atoms with Crippen LogP contribution in [0.15, 0.2) is 54.3 Å². The van der Waals surface area contributed by atoms with Crippen LogP contribution < -0.4 is 16.2 Å². The van der Waals surface area contributed by atoms with E-state index in [1.165, 1.54) is 11.3 Å². The van der Waals surface area contributed by atoms with Crippen LogP contribution in [0.25, 0.3) is 10.7 Å². The predicted octanol–water partition coefficient (Wildman–Crippen LogP) is 1.72. The van der Waals surface area contributed by atoms with E-state index in [9.17, 15) is 4.79 Å². The Morgan fingerprint density at radius 1 is 1.26 bits per heavy atom. The summed E-state index contributed by atoms with van der Waals surface area (Å²) in [5, 5.41) is 5.89. The van der Waals surface area contributed by atoms with Crippen LogP contribution in [0, 0.1) is 5.92 Å². The molecule has 1 aliphatic heterocycles. The van der Waals surface area contributed by atoms with Crippen LogP contribution in [0.3, 0.4) is 0 Å². The van der Waals surface area contributed by atoms with Gasteiger partial charge in [-0.3, -0.25) is 20.2 Å². The summed E-state index contributed by atoms with van der Waals surface area (Å²) in [7, 11) is 0. The van der Waals surface area contributed by atoms with Gasteiger partial charge in [-0.05, 0) is 5.56 Å². The van der Waals surface area contributed by atoms with Crippen molar-refractivity contribution in [3.05, 3.63) is 65.6 Å². The number of nitrogens with one attached hydrogen (secondary N) is 3. The molecule has 2 atom stereocenters. The number of aromatic nitrogens is 3. The van der Waals surface area contributed by atoms with Gasteiger partial charge in [0.2, 0.25) is 5.91 Å². The Morgan fingerprint density at radius 2 is 2.15 bits per heavy atom. The number of hydrogen-bond acceptors (Lipinski definition) is 7. The zero-order valence-corrected chi connectivity index (χ0v) is 15.4. The van der Waals surface area contributed by atoms with Gasteiger partial charge in [0.1, 0.15) is 10.7 Å². The zero-order chi connectivity index (χ0) is 18.5. The van der Waals surface area contributed by atoms with Crippen LogP contribution >= 0.6 is 11.3 Å². The average molecular weight is 380 g/mol. The first-order chi connectivity index (χ1) is 13.3. The molecule has 1 aromatic carbocycles. The summed E-state index contributed by atoms with van der Waals surface area (Å²) < 4.78 is 0. The van der Waals surface area contributed by atoms with Crippen LogP contribution in [-0.2, 0) is 11.2 Å². The van der Waals surface area contributed by atoms with E-state index in [0.717, 1.165) is 22.0 Å². The second-order valence-corrected chi connectivity index (χ2v) is 7.15. The number of hydrazine groups is 1. The standard InChI is InChI=1S/C19H20N6OS/c26-18(15-10-23-25-17(15)13-4-2-1-3-5-13)22-7-6-14-12-27-19(24-14)16-11-20-8-9-21-16/h1-5,8-9,11-12,15,17,23,25H,6-7,10H2,(H,22,26). The Kier molecular flexibility index (Phi) is 5.47. The molecule has 0 radical (unpaired) electrons. The van der Waals surface area contributed by atoms with E-state index in [1.807, 2.05) is 35.7 Å². The maximum absolute atomic E-state index is 12.6. The van der Waals surface area contributed by atoms with Crippen molar-refractivity contribution < 1.29 is 4.79 Å². The molecule has 27 heavy (non-hydrogen) atoms. The van der Waals surface area contributed by atoms with E-state index in [2.05, 4.69) is 31.1 Å². The van der Waals surface area contributed by atoms with E-state index in [4.69, 9.17) is 0 Å². The molecule has 7 nitrogen and oxygen atoms in total. The molecule has 1 aliphatic rings. The molecule has 2 unspecified atom stereocenters. The summed E-state index contributed by atoms with van der Waals surface area (Å²) >= 11 is 1.54. The second kappa shape index (κ2) is 8.34. The fourth-order valence-electron chi connectivity index (χ4n) is 3.11. The third-order valence-corrected chi connectivity index (χ3v) is 5.41. The molecule has 0 spiro atoms. The number of thiazole rings is 1. The lowest BCUT2D eigenvalue weighted by Crippen LogP contribution is -2.36. The zero-order valence-electron chi connectivity index (χ0n) is 14.6. The van der Waals surface area contributed by atoms with E-state index in [1.54, 1.807) is 18.6 Å². The van der Waals surface area contributed by atoms with Crippen LogP contribution in [0.2, 0.25) is 0 Å². The topological polar surface area (TPSA) is 91.8 Å². The van der Waals surface area contributed by atoms with Gasteiger partial charge in [0.05, 0.1) is 23.9 Å². The molecular weight excluding hydrogens is 360 g/mol. The van der Waals surface area contributed by atoms with Crippen molar-refractivity contribution >= 4 is 17.2 Å². The van der Waals surface area contributed by atoms with Crippen LogP contribution in [0.5, 0.6) is 0 Å². The third kappa shape index (κ3) is 4.19. The van der Waals surface area contributed by atoms with Crippen molar-refractivity contribution in [3.63, 3.8) is 0 Å². The van der Waals surface area contributed by atoms with E-state index < -0.39 is 0 Å². The van der Waals surface area contributed by atoms with Crippen LogP contribution in [0.1, 0.15) is 17.3 Å². The first-order valence-corrected chi connectivity index (χ1v) is 9.71. The molecule has 4 rings (SSSR count). The van der Waals surface area contributed by atoms with Crippen molar-refractivity contribution in [2.45, 2.75) is 12.5 Å². The van der Waals surface area contributed by atoms with Gasteiger partial charge in [0, 0.05) is 37.3 Å². The number of benzene rings is 1. The van der Waals surface area contributed by atoms with Crippen molar-refractivity contribution in [1.82, 2.24) is 31.1 Å². The van der Waals surface area contributed by atoms with Crippen molar-refractivity contribution in [2.75, 3.05) is 13.1 Å². The van der Waals surface area contributed by atoms with E-state index in [0.29, 0.717) is 19.5 Å². The van der Waals surface area contributed by atoms with Gasteiger partial charge in [-0.15, -0.1) is 11.3 Å². The van der Waals surface area contributed by atoms with Crippen LogP contribution in [0.4, 0.5) is 0 Å². The maximum Gasteiger partial charge on any atom is 0.226 e. The lowest BCUT2D eigenvalue weighted by Gasteiger charge is -2.18. The predicted molar refractivity (Wildman–Crippen MR) is 104 cm³/mol. The molecule has 3 aromatic rings.